The van der Waals surface area contributed by atoms with E-state index in [1.54, 1.807) is 30.0 Å². The number of amides is 2. The first kappa shape index (κ1) is 20.2. The smallest absolute Gasteiger partial charge is 0.337 e. The molecule has 28 heavy (non-hydrogen) atoms. The molecule has 3 rings (SSSR count). The average Bonchev–Trinajstić information content (AvgIpc) is 3.12. The molecule has 150 valence electrons. The summed E-state index contributed by atoms with van der Waals surface area (Å²) in [5.41, 5.74) is 0.695. The van der Waals surface area contributed by atoms with Gasteiger partial charge in [0.2, 0.25) is 5.91 Å². The van der Waals surface area contributed by atoms with Crippen molar-refractivity contribution in [1.82, 2.24) is 14.7 Å². The Hall–Kier alpha value is -2.49. The van der Waals surface area contributed by atoms with Crippen molar-refractivity contribution in [3.8, 4) is 0 Å². The first-order valence-electron chi connectivity index (χ1n) is 8.62. The third-order valence-corrected chi connectivity index (χ3v) is 5.22. The largest absolute Gasteiger partial charge is 0.435 e. The molecular formula is C18H19F3N4O2S. The predicted molar refractivity (Wildman–Crippen MR) is 100 cm³/mol. The summed E-state index contributed by atoms with van der Waals surface area (Å²) in [5, 5.41) is 6.00. The molecule has 2 amide bonds. The fraction of sp³-hybridized carbons (Fsp3) is 0.389. The lowest BCUT2D eigenvalue weighted by molar-refractivity contribution is -0.141. The zero-order valence-electron chi connectivity index (χ0n) is 15.1. The summed E-state index contributed by atoms with van der Waals surface area (Å²) in [6, 6.07) is 5.79. The Balaban J connectivity index is 1.63. The van der Waals surface area contributed by atoms with E-state index in [0.717, 1.165) is 28.5 Å². The molecule has 0 saturated carbocycles. The first-order chi connectivity index (χ1) is 13.2. The molecular weight excluding hydrogens is 393 g/mol. The number of carbonyl (C=O) groups excluding carboxylic acids is 2. The standard InChI is InChI=1S/C18H19F3N4O2S/c1-12-10-13(17(27)24-6-8-28-9-7-24)2-3-14(12)22-16(26)11-25-5-4-15(23-25)18(19,20)21/h2-5,10H,6-9,11H2,1H3,(H,22,26). The van der Waals surface area contributed by atoms with Gasteiger partial charge in [0.1, 0.15) is 6.54 Å². The van der Waals surface area contributed by atoms with Gasteiger partial charge >= 0.3 is 6.18 Å². The molecule has 0 atom stereocenters. The topological polar surface area (TPSA) is 67.2 Å². The number of anilines is 1. The van der Waals surface area contributed by atoms with Crippen LogP contribution in [0.3, 0.4) is 0 Å². The fourth-order valence-electron chi connectivity index (χ4n) is 2.82. The lowest BCUT2D eigenvalue weighted by Crippen LogP contribution is -2.37. The summed E-state index contributed by atoms with van der Waals surface area (Å²) in [6.45, 7) is 2.84. The van der Waals surface area contributed by atoms with Crippen LogP contribution in [0.4, 0.5) is 18.9 Å². The molecule has 1 fully saturated rings. The number of thioether (sulfide) groups is 1. The summed E-state index contributed by atoms with van der Waals surface area (Å²) in [4.78, 5) is 26.5. The van der Waals surface area contributed by atoms with E-state index >= 15 is 0 Å². The number of hydrogen-bond donors (Lipinski definition) is 1. The zero-order valence-corrected chi connectivity index (χ0v) is 15.9. The van der Waals surface area contributed by atoms with Crippen molar-refractivity contribution >= 4 is 29.3 Å². The van der Waals surface area contributed by atoms with Crippen molar-refractivity contribution in [2.45, 2.75) is 19.6 Å². The Bertz CT molecular complexity index is 876. The van der Waals surface area contributed by atoms with Crippen LogP contribution in [0.15, 0.2) is 30.5 Å². The van der Waals surface area contributed by atoms with Crippen LogP contribution in [0.25, 0.3) is 0 Å². The summed E-state index contributed by atoms with van der Waals surface area (Å²) < 4.78 is 38.6. The van der Waals surface area contributed by atoms with Gasteiger partial charge in [-0.05, 0) is 36.8 Å². The monoisotopic (exact) mass is 412 g/mol. The van der Waals surface area contributed by atoms with Crippen LogP contribution in [-0.2, 0) is 17.5 Å². The maximum Gasteiger partial charge on any atom is 0.435 e. The molecule has 0 aliphatic carbocycles. The average molecular weight is 412 g/mol. The van der Waals surface area contributed by atoms with Crippen LogP contribution in [0.5, 0.6) is 0 Å². The van der Waals surface area contributed by atoms with Crippen LogP contribution in [0.2, 0.25) is 0 Å². The van der Waals surface area contributed by atoms with E-state index in [1.807, 2.05) is 11.8 Å². The van der Waals surface area contributed by atoms with E-state index in [9.17, 15) is 22.8 Å². The van der Waals surface area contributed by atoms with Crippen LogP contribution >= 0.6 is 11.8 Å². The zero-order chi connectivity index (χ0) is 20.3. The highest BCUT2D eigenvalue weighted by molar-refractivity contribution is 7.99. The molecule has 2 aromatic rings. The van der Waals surface area contributed by atoms with E-state index in [-0.39, 0.29) is 12.5 Å². The fourth-order valence-corrected chi connectivity index (χ4v) is 3.73. The molecule has 0 unspecified atom stereocenters. The van der Waals surface area contributed by atoms with Gasteiger partial charge in [0, 0.05) is 42.0 Å². The normalized spacial score (nSPS) is 14.8. The van der Waals surface area contributed by atoms with Gasteiger partial charge in [-0.1, -0.05) is 0 Å². The summed E-state index contributed by atoms with van der Waals surface area (Å²) >= 11 is 1.82. The van der Waals surface area contributed by atoms with E-state index < -0.39 is 17.8 Å². The quantitative estimate of drug-likeness (QED) is 0.838. The highest BCUT2D eigenvalue weighted by atomic mass is 32.2. The first-order valence-corrected chi connectivity index (χ1v) is 9.77. The van der Waals surface area contributed by atoms with Crippen LogP contribution in [0.1, 0.15) is 21.6 Å². The molecule has 1 saturated heterocycles. The van der Waals surface area contributed by atoms with Crippen molar-refractivity contribution in [3.63, 3.8) is 0 Å². The molecule has 6 nitrogen and oxygen atoms in total. The van der Waals surface area contributed by atoms with Gasteiger partial charge in [0.15, 0.2) is 5.69 Å². The second-order valence-electron chi connectivity index (χ2n) is 6.38. The minimum Gasteiger partial charge on any atom is -0.337 e. The molecule has 1 aliphatic rings. The van der Waals surface area contributed by atoms with Gasteiger partial charge in [-0.25, -0.2) is 0 Å². The van der Waals surface area contributed by atoms with Crippen LogP contribution in [-0.4, -0.2) is 51.1 Å². The maximum atomic E-state index is 12.6. The number of benzene rings is 1. The number of hydrogen-bond acceptors (Lipinski definition) is 4. The van der Waals surface area contributed by atoms with Crippen molar-refractivity contribution < 1.29 is 22.8 Å². The molecule has 0 bridgehead atoms. The Kier molecular flexibility index (Phi) is 5.97. The lowest BCUT2D eigenvalue weighted by atomic mass is 10.1. The van der Waals surface area contributed by atoms with E-state index in [4.69, 9.17) is 0 Å². The lowest BCUT2D eigenvalue weighted by Gasteiger charge is -2.26. The highest BCUT2D eigenvalue weighted by Gasteiger charge is 2.33. The van der Waals surface area contributed by atoms with Gasteiger partial charge in [-0.15, -0.1) is 0 Å². The third kappa shape index (κ3) is 4.86. The minimum atomic E-state index is -4.55. The molecule has 1 aromatic heterocycles. The van der Waals surface area contributed by atoms with Crippen molar-refractivity contribution in [2.75, 3.05) is 29.9 Å². The number of nitrogens with zero attached hydrogens (tertiary/aromatic N) is 3. The Labute approximate surface area is 164 Å². The minimum absolute atomic E-state index is 0.0440. The van der Waals surface area contributed by atoms with Crippen molar-refractivity contribution in [3.05, 3.63) is 47.3 Å². The molecule has 10 heteroatoms. The number of halogens is 3. The van der Waals surface area contributed by atoms with Gasteiger partial charge < -0.3 is 10.2 Å². The molecule has 1 aromatic carbocycles. The van der Waals surface area contributed by atoms with Gasteiger partial charge in [-0.3, -0.25) is 14.3 Å². The Morgan fingerprint density at radius 1 is 1.21 bits per heavy atom. The number of aromatic nitrogens is 2. The molecule has 1 aliphatic heterocycles. The third-order valence-electron chi connectivity index (χ3n) is 4.28. The molecule has 0 radical (unpaired) electrons. The van der Waals surface area contributed by atoms with Crippen molar-refractivity contribution in [1.29, 1.82) is 0 Å². The van der Waals surface area contributed by atoms with E-state index in [1.165, 1.54) is 0 Å². The highest BCUT2D eigenvalue weighted by Crippen LogP contribution is 2.27. The van der Waals surface area contributed by atoms with Gasteiger partial charge in [0.25, 0.3) is 5.91 Å². The second kappa shape index (κ2) is 8.26. The Morgan fingerprint density at radius 2 is 1.93 bits per heavy atom. The summed E-state index contributed by atoms with van der Waals surface area (Å²) in [7, 11) is 0. The SMILES string of the molecule is Cc1cc(C(=O)N2CCSCC2)ccc1NC(=O)Cn1ccc(C(F)(F)F)n1. The van der Waals surface area contributed by atoms with Gasteiger partial charge in [0.05, 0.1) is 0 Å². The van der Waals surface area contributed by atoms with Crippen molar-refractivity contribution in [2.24, 2.45) is 0 Å². The van der Waals surface area contributed by atoms with E-state index in [2.05, 4.69) is 10.4 Å². The van der Waals surface area contributed by atoms with Crippen LogP contribution < -0.4 is 5.32 Å². The number of alkyl halides is 3. The summed E-state index contributed by atoms with van der Waals surface area (Å²) in [6.07, 6.45) is -3.44. The number of carbonyl (C=O) groups is 2. The summed E-state index contributed by atoms with van der Waals surface area (Å²) in [5.74, 6) is 1.29. The number of rotatable bonds is 4. The second-order valence-corrected chi connectivity index (χ2v) is 7.60. The number of nitrogens with one attached hydrogen (secondary N) is 1. The maximum absolute atomic E-state index is 12.6. The predicted octanol–water partition coefficient (Wildman–Crippen LogP) is 3.04. The molecule has 1 N–H and O–H groups in total. The molecule has 2 heterocycles. The van der Waals surface area contributed by atoms with E-state index in [0.29, 0.717) is 29.9 Å². The van der Waals surface area contributed by atoms with Gasteiger partial charge in [-0.2, -0.15) is 30.0 Å². The number of aryl methyl sites for hydroxylation is 1. The van der Waals surface area contributed by atoms with Crippen LogP contribution in [0, 0.1) is 6.92 Å². The Morgan fingerprint density at radius 3 is 2.54 bits per heavy atom. The molecule has 0 spiro atoms.